The summed E-state index contributed by atoms with van der Waals surface area (Å²) >= 11 is 1.17. The summed E-state index contributed by atoms with van der Waals surface area (Å²) in [7, 11) is 1.65. The highest BCUT2D eigenvalue weighted by atomic mass is 32.1. The average Bonchev–Trinajstić information content (AvgIpc) is 2.85. The summed E-state index contributed by atoms with van der Waals surface area (Å²) in [6.07, 6.45) is 0. The van der Waals surface area contributed by atoms with Gasteiger partial charge < -0.3 is 5.32 Å². The summed E-state index contributed by atoms with van der Waals surface area (Å²) < 4.78 is 15.1. The number of thiophene rings is 1. The van der Waals surface area contributed by atoms with Crippen LogP contribution in [-0.4, -0.2) is 15.5 Å². The lowest BCUT2D eigenvalue weighted by Crippen LogP contribution is -2.20. The van der Waals surface area contributed by atoms with Gasteiger partial charge in [0.15, 0.2) is 0 Å². The molecule has 0 aliphatic rings. The van der Waals surface area contributed by atoms with E-state index in [2.05, 4.69) is 10.3 Å². The van der Waals surface area contributed by atoms with E-state index >= 15 is 0 Å². The monoisotopic (exact) mass is 345 g/mol. The van der Waals surface area contributed by atoms with Gasteiger partial charge >= 0.3 is 0 Å². The lowest BCUT2D eigenvalue weighted by Gasteiger charge is -2.05. The van der Waals surface area contributed by atoms with Crippen LogP contribution in [0.15, 0.2) is 23.0 Å². The molecule has 0 bridgehead atoms. The van der Waals surface area contributed by atoms with Gasteiger partial charge in [0.05, 0.1) is 10.3 Å². The second-order valence-electron chi connectivity index (χ2n) is 5.68. The Morgan fingerprint density at radius 3 is 2.67 bits per heavy atom. The number of amides is 1. The molecule has 2 heterocycles. The number of hydrogen-bond acceptors (Lipinski definition) is 4. The first kappa shape index (κ1) is 16.3. The number of aryl methyl sites for hydroxylation is 3. The Morgan fingerprint density at radius 1 is 1.29 bits per heavy atom. The molecule has 3 rings (SSSR count). The van der Waals surface area contributed by atoms with E-state index in [9.17, 15) is 14.0 Å². The van der Waals surface area contributed by atoms with E-state index in [-0.39, 0.29) is 17.3 Å². The quantitative estimate of drug-likeness (QED) is 0.775. The van der Waals surface area contributed by atoms with Crippen LogP contribution in [0.2, 0.25) is 0 Å². The normalized spacial score (nSPS) is 11.0. The fraction of sp³-hybridized carbons (Fsp3) is 0.235. The fourth-order valence-corrected chi connectivity index (χ4v) is 3.55. The van der Waals surface area contributed by atoms with E-state index in [1.54, 1.807) is 40.0 Å². The Labute approximate surface area is 141 Å². The Morgan fingerprint density at radius 2 is 2.00 bits per heavy atom. The molecule has 0 radical (unpaired) electrons. The average molecular weight is 345 g/mol. The minimum atomic E-state index is -0.382. The van der Waals surface area contributed by atoms with Gasteiger partial charge in [0.2, 0.25) is 0 Å². The number of halogens is 1. The maximum absolute atomic E-state index is 13.6. The summed E-state index contributed by atoms with van der Waals surface area (Å²) in [6.45, 7) is 5.12. The first-order valence-electron chi connectivity index (χ1n) is 7.34. The van der Waals surface area contributed by atoms with Gasteiger partial charge in [-0.05, 0) is 44.0 Å². The smallest absolute Gasteiger partial charge is 0.266 e. The number of fused-ring (bicyclic) bond motifs is 1. The van der Waals surface area contributed by atoms with Crippen molar-refractivity contribution in [2.45, 2.75) is 20.8 Å². The molecular formula is C17H16FN3O2S. The molecular weight excluding hydrogens is 329 g/mol. The zero-order valence-corrected chi connectivity index (χ0v) is 14.5. The number of benzene rings is 1. The Hall–Kier alpha value is -2.54. The molecule has 3 aromatic rings. The molecule has 0 unspecified atom stereocenters. The molecule has 0 aliphatic heterocycles. The van der Waals surface area contributed by atoms with E-state index in [0.29, 0.717) is 37.7 Å². The van der Waals surface area contributed by atoms with Gasteiger partial charge in [-0.15, -0.1) is 11.3 Å². The summed E-state index contributed by atoms with van der Waals surface area (Å²) in [5.41, 5.74) is 1.30. The highest BCUT2D eigenvalue weighted by Gasteiger charge is 2.20. The number of nitrogens with zero attached hydrogens (tertiary/aromatic N) is 2. The van der Waals surface area contributed by atoms with Crippen molar-refractivity contribution >= 4 is 33.1 Å². The predicted molar refractivity (Wildman–Crippen MR) is 93.4 cm³/mol. The predicted octanol–water partition coefficient (Wildman–Crippen LogP) is 3.31. The van der Waals surface area contributed by atoms with E-state index in [1.165, 1.54) is 22.0 Å². The summed E-state index contributed by atoms with van der Waals surface area (Å²) in [5, 5.41) is 3.12. The van der Waals surface area contributed by atoms with Crippen LogP contribution in [0.4, 0.5) is 10.1 Å². The molecule has 0 atom stereocenters. The Bertz CT molecular complexity index is 1040. The topological polar surface area (TPSA) is 64.0 Å². The third-order valence-electron chi connectivity index (χ3n) is 4.03. The number of hydrogen-bond donors (Lipinski definition) is 1. The molecule has 7 heteroatoms. The van der Waals surface area contributed by atoms with Crippen LogP contribution in [-0.2, 0) is 7.05 Å². The molecule has 2 aromatic heterocycles. The van der Waals surface area contributed by atoms with E-state index in [1.807, 2.05) is 0 Å². The van der Waals surface area contributed by atoms with E-state index in [4.69, 9.17) is 0 Å². The van der Waals surface area contributed by atoms with Crippen molar-refractivity contribution in [1.29, 1.82) is 0 Å². The zero-order valence-electron chi connectivity index (χ0n) is 13.7. The number of carbonyl (C=O) groups is 1. The molecule has 5 nitrogen and oxygen atoms in total. The molecule has 124 valence electrons. The molecule has 1 amide bonds. The second kappa shape index (κ2) is 5.83. The highest BCUT2D eigenvalue weighted by Crippen LogP contribution is 2.28. The van der Waals surface area contributed by atoms with Crippen molar-refractivity contribution in [3.05, 3.63) is 56.2 Å². The minimum Gasteiger partial charge on any atom is -0.321 e. The molecule has 0 fully saturated rings. The summed E-state index contributed by atoms with van der Waals surface area (Å²) in [6, 6.07) is 4.51. The van der Waals surface area contributed by atoms with Gasteiger partial charge in [0, 0.05) is 12.7 Å². The van der Waals surface area contributed by atoms with E-state index < -0.39 is 0 Å². The summed E-state index contributed by atoms with van der Waals surface area (Å²) in [5.74, 6) is -0.174. The van der Waals surface area contributed by atoms with Crippen LogP contribution in [0.1, 0.15) is 26.6 Å². The van der Waals surface area contributed by atoms with Crippen molar-refractivity contribution in [1.82, 2.24) is 9.55 Å². The number of rotatable bonds is 2. The molecule has 0 spiro atoms. The first-order chi connectivity index (χ1) is 11.3. The Kier molecular flexibility index (Phi) is 3.96. The van der Waals surface area contributed by atoms with Crippen LogP contribution in [0.3, 0.4) is 0 Å². The van der Waals surface area contributed by atoms with Gasteiger partial charge in [-0.3, -0.25) is 14.2 Å². The molecule has 24 heavy (non-hydrogen) atoms. The third kappa shape index (κ3) is 2.60. The largest absolute Gasteiger partial charge is 0.321 e. The molecule has 0 aliphatic carbocycles. The fourth-order valence-electron chi connectivity index (χ4n) is 2.44. The van der Waals surface area contributed by atoms with Gasteiger partial charge in [-0.1, -0.05) is 6.07 Å². The molecule has 0 saturated heterocycles. The SMILES string of the molecule is Cc1ccc(NC(=O)c2sc3nc(C)n(C)c(=O)c3c2C)cc1F. The maximum atomic E-state index is 13.6. The molecule has 1 aromatic carbocycles. The van der Waals surface area contributed by atoms with Crippen LogP contribution in [0.5, 0.6) is 0 Å². The van der Waals surface area contributed by atoms with Crippen molar-refractivity contribution in [3.63, 3.8) is 0 Å². The molecule has 0 saturated carbocycles. The van der Waals surface area contributed by atoms with Crippen LogP contribution in [0.25, 0.3) is 10.2 Å². The van der Waals surface area contributed by atoms with Crippen molar-refractivity contribution in [2.75, 3.05) is 5.32 Å². The Balaban J connectivity index is 2.04. The van der Waals surface area contributed by atoms with Crippen molar-refractivity contribution in [2.24, 2.45) is 7.05 Å². The zero-order chi connectivity index (χ0) is 17.6. The number of nitrogens with one attached hydrogen (secondary N) is 1. The van der Waals surface area contributed by atoms with Gasteiger partial charge in [0.1, 0.15) is 16.5 Å². The van der Waals surface area contributed by atoms with E-state index in [0.717, 1.165) is 0 Å². The number of carbonyl (C=O) groups excluding carboxylic acids is 1. The van der Waals surface area contributed by atoms with Gasteiger partial charge in [-0.25, -0.2) is 9.37 Å². The second-order valence-corrected chi connectivity index (χ2v) is 6.68. The highest BCUT2D eigenvalue weighted by molar-refractivity contribution is 7.20. The van der Waals surface area contributed by atoms with Crippen LogP contribution < -0.4 is 10.9 Å². The summed E-state index contributed by atoms with van der Waals surface area (Å²) in [4.78, 5) is 30.2. The first-order valence-corrected chi connectivity index (χ1v) is 8.15. The molecule has 1 N–H and O–H groups in total. The minimum absolute atomic E-state index is 0.174. The van der Waals surface area contributed by atoms with Gasteiger partial charge in [0.25, 0.3) is 11.5 Å². The van der Waals surface area contributed by atoms with Crippen molar-refractivity contribution in [3.8, 4) is 0 Å². The number of anilines is 1. The number of aromatic nitrogens is 2. The van der Waals surface area contributed by atoms with Crippen LogP contribution in [0, 0.1) is 26.6 Å². The lowest BCUT2D eigenvalue weighted by molar-refractivity contribution is 0.103. The third-order valence-corrected chi connectivity index (χ3v) is 5.22. The van der Waals surface area contributed by atoms with Gasteiger partial charge in [-0.2, -0.15) is 0 Å². The van der Waals surface area contributed by atoms with Crippen molar-refractivity contribution < 1.29 is 9.18 Å². The standard InChI is InChI=1S/C17H16FN3O2S/c1-8-5-6-11(7-12(8)18)20-15(22)14-9(2)13-16(24-14)19-10(3)21(4)17(13)23/h5-7H,1-4H3,(H,20,22). The maximum Gasteiger partial charge on any atom is 0.266 e. The van der Waals surface area contributed by atoms with Crippen LogP contribution >= 0.6 is 11.3 Å². The lowest BCUT2D eigenvalue weighted by atomic mass is 10.2.